The van der Waals surface area contributed by atoms with Gasteiger partial charge in [-0.05, 0) is 49.9 Å². The molecule has 2 aromatic carbocycles. The van der Waals surface area contributed by atoms with Crippen LogP contribution in [-0.2, 0) is 13.1 Å². The average Bonchev–Trinajstić information content (AvgIpc) is 2.32. The van der Waals surface area contributed by atoms with Crippen molar-refractivity contribution in [1.29, 1.82) is 0 Å². The zero-order valence-electron chi connectivity index (χ0n) is 12.4. The first-order chi connectivity index (χ1) is 9.06. The van der Waals surface area contributed by atoms with E-state index in [-0.39, 0.29) is 0 Å². The van der Waals surface area contributed by atoms with Crippen LogP contribution in [0.15, 0.2) is 36.4 Å². The van der Waals surface area contributed by atoms with Gasteiger partial charge in [0.05, 0.1) is 0 Å². The maximum absolute atomic E-state index is 3.55. The number of rotatable bonds is 4. The van der Waals surface area contributed by atoms with Gasteiger partial charge in [0.25, 0.3) is 0 Å². The van der Waals surface area contributed by atoms with Crippen LogP contribution >= 0.6 is 0 Å². The summed E-state index contributed by atoms with van der Waals surface area (Å²) in [6.07, 6.45) is 0. The molecule has 2 aromatic rings. The van der Waals surface area contributed by atoms with Gasteiger partial charge in [-0.3, -0.25) is 0 Å². The van der Waals surface area contributed by atoms with E-state index >= 15 is 0 Å². The Kier molecular flexibility index (Phi) is 4.39. The fourth-order valence-corrected chi connectivity index (χ4v) is 2.64. The van der Waals surface area contributed by atoms with Crippen LogP contribution in [0, 0.1) is 27.7 Å². The molecule has 0 saturated heterocycles. The van der Waals surface area contributed by atoms with E-state index in [4.69, 9.17) is 0 Å². The van der Waals surface area contributed by atoms with E-state index in [9.17, 15) is 0 Å². The molecule has 19 heavy (non-hydrogen) atoms. The van der Waals surface area contributed by atoms with E-state index in [1.165, 1.54) is 33.4 Å². The van der Waals surface area contributed by atoms with Gasteiger partial charge in [0.1, 0.15) is 0 Å². The molecule has 0 spiro atoms. The minimum Gasteiger partial charge on any atom is -0.309 e. The first kappa shape index (κ1) is 13.8. The van der Waals surface area contributed by atoms with Gasteiger partial charge in [0.15, 0.2) is 0 Å². The summed E-state index contributed by atoms with van der Waals surface area (Å²) in [5.74, 6) is 0. The number of hydrogen-bond donors (Lipinski definition) is 1. The highest BCUT2D eigenvalue weighted by Crippen LogP contribution is 2.16. The van der Waals surface area contributed by atoms with Crippen molar-refractivity contribution < 1.29 is 0 Å². The molecule has 0 saturated carbocycles. The topological polar surface area (TPSA) is 12.0 Å². The van der Waals surface area contributed by atoms with Gasteiger partial charge in [-0.1, -0.05) is 47.5 Å². The van der Waals surface area contributed by atoms with Crippen molar-refractivity contribution in [2.24, 2.45) is 0 Å². The summed E-state index contributed by atoms with van der Waals surface area (Å²) in [5.41, 5.74) is 8.21. The molecule has 0 unspecified atom stereocenters. The standard InChI is InChI=1S/C18H23N/c1-13-6-5-7-17(10-13)11-19-12-18-15(3)8-14(2)9-16(18)4/h5-10,19H,11-12H2,1-4H3. The second-order valence-electron chi connectivity index (χ2n) is 5.47. The highest BCUT2D eigenvalue weighted by atomic mass is 14.8. The lowest BCUT2D eigenvalue weighted by atomic mass is 10.00. The summed E-state index contributed by atoms with van der Waals surface area (Å²) >= 11 is 0. The van der Waals surface area contributed by atoms with E-state index in [0.717, 1.165) is 13.1 Å². The lowest BCUT2D eigenvalue weighted by molar-refractivity contribution is 0.687. The van der Waals surface area contributed by atoms with Crippen molar-refractivity contribution in [3.63, 3.8) is 0 Å². The number of benzene rings is 2. The van der Waals surface area contributed by atoms with Crippen LogP contribution < -0.4 is 5.32 Å². The number of aryl methyl sites for hydroxylation is 4. The molecule has 1 nitrogen and oxygen atoms in total. The maximum Gasteiger partial charge on any atom is 0.0213 e. The van der Waals surface area contributed by atoms with Gasteiger partial charge < -0.3 is 5.32 Å². The van der Waals surface area contributed by atoms with Gasteiger partial charge in [0, 0.05) is 13.1 Å². The van der Waals surface area contributed by atoms with E-state index < -0.39 is 0 Å². The van der Waals surface area contributed by atoms with Crippen LogP contribution in [0.2, 0.25) is 0 Å². The van der Waals surface area contributed by atoms with Crippen LogP contribution in [0.4, 0.5) is 0 Å². The molecule has 0 amide bonds. The first-order valence-electron chi connectivity index (χ1n) is 6.89. The Hall–Kier alpha value is -1.60. The molecular formula is C18H23N. The van der Waals surface area contributed by atoms with Crippen LogP contribution in [0.25, 0.3) is 0 Å². The van der Waals surface area contributed by atoms with Crippen molar-refractivity contribution in [3.8, 4) is 0 Å². The Morgan fingerprint density at radius 2 is 1.47 bits per heavy atom. The van der Waals surface area contributed by atoms with Crippen molar-refractivity contribution in [2.75, 3.05) is 0 Å². The molecule has 0 aromatic heterocycles. The zero-order chi connectivity index (χ0) is 13.8. The molecule has 0 heterocycles. The minimum atomic E-state index is 0.925. The molecular weight excluding hydrogens is 230 g/mol. The Bertz CT molecular complexity index is 547. The highest BCUT2D eigenvalue weighted by Gasteiger charge is 2.03. The maximum atomic E-state index is 3.55. The number of hydrogen-bond acceptors (Lipinski definition) is 1. The molecule has 0 aliphatic carbocycles. The Labute approximate surface area is 116 Å². The first-order valence-corrected chi connectivity index (χ1v) is 6.89. The van der Waals surface area contributed by atoms with Gasteiger partial charge in [-0.15, -0.1) is 0 Å². The predicted molar refractivity (Wildman–Crippen MR) is 82.4 cm³/mol. The normalized spacial score (nSPS) is 10.7. The van der Waals surface area contributed by atoms with Crippen molar-refractivity contribution in [2.45, 2.75) is 40.8 Å². The Morgan fingerprint density at radius 3 is 2.11 bits per heavy atom. The summed E-state index contributed by atoms with van der Waals surface area (Å²) in [4.78, 5) is 0. The van der Waals surface area contributed by atoms with Crippen molar-refractivity contribution in [3.05, 3.63) is 69.8 Å². The second-order valence-corrected chi connectivity index (χ2v) is 5.47. The molecule has 0 fully saturated rings. The monoisotopic (exact) mass is 253 g/mol. The summed E-state index contributed by atoms with van der Waals surface area (Å²) < 4.78 is 0. The lowest BCUT2D eigenvalue weighted by Gasteiger charge is -2.12. The van der Waals surface area contributed by atoms with Crippen molar-refractivity contribution >= 4 is 0 Å². The fraction of sp³-hybridized carbons (Fsp3) is 0.333. The molecule has 1 heteroatoms. The lowest BCUT2D eigenvalue weighted by Crippen LogP contribution is -2.14. The molecule has 0 aliphatic heterocycles. The average molecular weight is 253 g/mol. The van der Waals surface area contributed by atoms with Gasteiger partial charge in [-0.25, -0.2) is 0 Å². The molecule has 0 aliphatic rings. The van der Waals surface area contributed by atoms with Crippen LogP contribution in [-0.4, -0.2) is 0 Å². The number of nitrogens with one attached hydrogen (secondary N) is 1. The largest absolute Gasteiger partial charge is 0.309 e. The third-order valence-corrected chi connectivity index (χ3v) is 3.55. The zero-order valence-corrected chi connectivity index (χ0v) is 12.4. The Balaban J connectivity index is 2.00. The molecule has 2 rings (SSSR count). The predicted octanol–water partition coefficient (Wildman–Crippen LogP) is 4.21. The van der Waals surface area contributed by atoms with Gasteiger partial charge in [0.2, 0.25) is 0 Å². The molecule has 100 valence electrons. The third kappa shape index (κ3) is 3.68. The molecule has 0 bridgehead atoms. The molecule has 0 radical (unpaired) electrons. The minimum absolute atomic E-state index is 0.925. The van der Waals surface area contributed by atoms with E-state index in [2.05, 4.69) is 69.4 Å². The van der Waals surface area contributed by atoms with Crippen LogP contribution in [0.5, 0.6) is 0 Å². The van der Waals surface area contributed by atoms with E-state index in [1.807, 2.05) is 0 Å². The quantitative estimate of drug-likeness (QED) is 0.860. The molecule has 0 atom stereocenters. The molecule has 1 N–H and O–H groups in total. The fourth-order valence-electron chi connectivity index (χ4n) is 2.64. The summed E-state index contributed by atoms with van der Waals surface area (Å²) in [6, 6.07) is 13.2. The smallest absolute Gasteiger partial charge is 0.0213 e. The summed E-state index contributed by atoms with van der Waals surface area (Å²) in [6.45, 7) is 10.6. The van der Waals surface area contributed by atoms with Crippen LogP contribution in [0.1, 0.15) is 33.4 Å². The highest BCUT2D eigenvalue weighted by molar-refractivity contribution is 5.37. The van der Waals surface area contributed by atoms with Gasteiger partial charge >= 0.3 is 0 Å². The summed E-state index contributed by atoms with van der Waals surface area (Å²) in [5, 5.41) is 3.55. The van der Waals surface area contributed by atoms with E-state index in [0.29, 0.717) is 0 Å². The summed E-state index contributed by atoms with van der Waals surface area (Å²) in [7, 11) is 0. The second kappa shape index (κ2) is 6.03. The van der Waals surface area contributed by atoms with Crippen molar-refractivity contribution in [1.82, 2.24) is 5.32 Å². The van der Waals surface area contributed by atoms with Gasteiger partial charge in [-0.2, -0.15) is 0 Å². The third-order valence-electron chi connectivity index (χ3n) is 3.55. The van der Waals surface area contributed by atoms with E-state index in [1.54, 1.807) is 0 Å². The van der Waals surface area contributed by atoms with Crippen LogP contribution in [0.3, 0.4) is 0 Å². The SMILES string of the molecule is Cc1cccc(CNCc2c(C)cc(C)cc2C)c1. The Morgan fingerprint density at radius 1 is 0.789 bits per heavy atom.